The molecular weight excluding hydrogens is 636 g/mol. The van der Waals surface area contributed by atoms with Crippen LogP contribution in [0.1, 0.15) is 75.4 Å². The summed E-state index contributed by atoms with van der Waals surface area (Å²) in [5, 5.41) is 7.47. The van der Waals surface area contributed by atoms with Crippen LogP contribution in [0.4, 0.5) is 0 Å². The van der Waals surface area contributed by atoms with Gasteiger partial charge in [-0.1, -0.05) is 68.4 Å². The van der Waals surface area contributed by atoms with Gasteiger partial charge < -0.3 is 33.2 Å². The Balaban J connectivity index is 1.56. The second-order valence-electron chi connectivity index (χ2n) is 12.0. The van der Waals surface area contributed by atoms with E-state index in [0.29, 0.717) is 19.6 Å². The molecule has 2 heterocycles. The summed E-state index contributed by atoms with van der Waals surface area (Å²) < 4.78 is 40.0. The number of aromatic amines is 1. The number of nitrogens with one attached hydrogen (secondary N) is 1. The standard InChI is InChI=1S/C36H44N2O11/c1-21(2)31-29(18-27-14-12-26(13-15-27)16-17-43-19-28-10-8-7-9-11-28)35(38-37-31)49-36-34(47-25(6)42)33(46-24(5)41)32(45-23(4)40)30(48-36)20-44-22(3)39/h7-15,21,30,32-34,36H,16-20H2,1-6H3,(H,37,38)/t30-,32+,33+,34-,36?/m1/s1. The van der Waals surface area contributed by atoms with E-state index in [1.54, 1.807) is 0 Å². The van der Waals surface area contributed by atoms with Gasteiger partial charge in [0.2, 0.25) is 18.3 Å². The Morgan fingerprint density at radius 2 is 1.39 bits per heavy atom. The smallest absolute Gasteiger partial charge is 0.303 e. The largest absolute Gasteiger partial charge is 0.463 e. The first-order valence-electron chi connectivity index (χ1n) is 16.1. The summed E-state index contributed by atoms with van der Waals surface area (Å²) in [6.07, 6.45) is -5.39. The Morgan fingerprint density at radius 1 is 0.776 bits per heavy atom. The summed E-state index contributed by atoms with van der Waals surface area (Å²) in [5.74, 6) is -2.59. The van der Waals surface area contributed by atoms with Crippen LogP contribution in [0.25, 0.3) is 0 Å². The minimum atomic E-state index is -1.40. The van der Waals surface area contributed by atoms with E-state index >= 15 is 0 Å². The van der Waals surface area contributed by atoms with Crippen LogP contribution in [0.5, 0.6) is 5.88 Å². The molecule has 4 rings (SSSR count). The maximum absolute atomic E-state index is 12.3. The van der Waals surface area contributed by atoms with Crippen molar-refractivity contribution >= 4 is 23.9 Å². The maximum atomic E-state index is 12.3. The predicted octanol–water partition coefficient (Wildman–Crippen LogP) is 4.35. The summed E-state index contributed by atoms with van der Waals surface area (Å²) >= 11 is 0. The summed E-state index contributed by atoms with van der Waals surface area (Å²) in [5.41, 5.74) is 4.80. The lowest BCUT2D eigenvalue weighted by Crippen LogP contribution is -2.63. The zero-order chi connectivity index (χ0) is 35.5. The third-order valence-corrected chi connectivity index (χ3v) is 7.67. The van der Waals surface area contributed by atoms with Crippen molar-refractivity contribution in [3.8, 4) is 5.88 Å². The van der Waals surface area contributed by atoms with Crippen LogP contribution in [-0.4, -0.2) is 78.0 Å². The third kappa shape index (κ3) is 10.9. The van der Waals surface area contributed by atoms with Gasteiger partial charge in [-0.3, -0.25) is 24.3 Å². The molecule has 0 spiro atoms. The fraction of sp³-hybridized carbons (Fsp3) is 0.472. The average Bonchev–Trinajstić information content (AvgIpc) is 3.43. The van der Waals surface area contributed by atoms with Gasteiger partial charge in [0, 0.05) is 45.4 Å². The number of carbonyl (C=O) groups is 4. The van der Waals surface area contributed by atoms with Gasteiger partial charge in [-0.2, -0.15) is 0 Å². The van der Waals surface area contributed by atoms with Crippen LogP contribution in [0.2, 0.25) is 0 Å². The van der Waals surface area contributed by atoms with Gasteiger partial charge in [0.1, 0.15) is 12.7 Å². The molecule has 1 saturated heterocycles. The predicted molar refractivity (Wildman–Crippen MR) is 174 cm³/mol. The first kappa shape index (κ1) is 37.1. The SMILES string of the molecule is CC(=O)OC[C@H]1OC(Oc2n[nH]c(C(C)C)c2Cc2ccc(CCOCc3ccccc3)cc2)[C@H](OC(C)=O)[C@@H](OC(C)=O)[C@H]1OC(C)=O. The third-order valence-electron chi connectivity index (χ3n) is 7.67. The van der Waals surface area contributed by atoms with Gasteiger partial charge in [-0.25, -0.2) is 0 Å². The number of hydrogen-bond donors (Lipinski definition) is 1. The average molecular weight is 681 g/mol. The minimum Gasteiger partial charge on any atom is -0.463 e. The summed E-state index contributed by atoms with van der Waals surface area (Å²) in [6, 6.07) is 18.2. The highest BCUT2D eigenvalue weighted by atomic mass is 16.7. The van der Waals surface area contributed by atoms with E-state index in [1.165, 1.54) is 13.8 Å². The number of esters is 4. The van der Waals surface area contributed by atoms with E-state index in [-0.39, 0.29) is 18.4 Å². The first-order chi connectivity index (χ1) is 23.4. The number of aromatic nitrogens is 2. The quantitative estimate of drug-likeness (QED) is 0.138. The van der Waals surface area contributed by atoms with Crippen LogP contribution >= 0.6 is 0 Å². The normalized spacial score (nSPS) is 20.3. The molecule has 5 atom stereocenters. The summed E-state index contributed by atoms with van der Waals surface area (Å²) in [6.45, 7) is 9.48. The number of H-pyrrole nitrogens is 1. The topological polar surface area (TPSA) is 162 Å². The van der Waals surface area contributed by atoms with Gasteiger partial charge >= 0.3 is 23.9 Å². The Labute approximate surface area is 285 Å². The van der Waals surface area contributed by atoms with Gasteiger partial charge in [0.25, 0.3) is 0 Å². The molecular formula is C36H44N2O11. The van der Waals surface area contributed by atoms with Crippen molar-refractivity contribution in [2.24, 2.45) is 0 Å². The Morgan fingerprint density at radius 3 is 2.00 bits per heavy atom. The molecule has 0 bridgehead atoms. The lowest BCUT2D eigenvalue weighted by Gasteiger charge is -2.43. The van der Waals surface area contributed by atoms with Crippen molar-refractivity contribution in [1.29, 1.82) is 0 Å². The van der Waals surface area contributed by atoms with Crippen molar-refractivity contribution in [2.45, 2.75) is 97.6 Å². The van der Waals surface area contributed by atoms with E-state index in [1.807, 2.05) is 56.3 Å². The number of benzene rings is 2. The monoisotopic (exact) mass is 680 g/mol. The minimum absolute atomic E-state index is 0.0382. The van der Waals surface area contributed by atoms with E-state index < -0.39 is 54.6 Å². The van der Waals surface area contributed by atoms with E-state index in [4.69, 9.17) is 33.2 Å². The lowest BCUT2D eigenvalue weighted by molar-refractivity contribution is -0.289. The van der Waals surface area contributed by atoms with Crippen LogP contribution in [-0.2, 0) is 67.0 Å². The van der Waals surface area contributed by atoms with Crippen LogP contribution in [0.3, 0.4) is 0 Å². The molecule has 13 nitrogen and oxygen atoms in total. The van der Waals surface area contributed by atoms with Crippen molar-refractivity contribution < 1.29 is 52.3 Å². The summed E-state index contributed by atoms with van der Waals surface area (Å²) in [7, 11) is 0. The van der Waals surface area contributed by atoms with E-state index in [0.717, 1.165) is 48.2 Å². The zero-order valence-corrected chi connectivity index (χ0v) is 28.6. The fourth-order valence-electron chi connectivity index (χ4n) is 5.48. The molecule has 0 aliphatic carbocycles. The molecule has 0 radical (unpaired) electrons. The molecule has 1 aromatic heterocycles. The second-order valence-corrected chi connectivity index (χ2v) is 12.0. The molecule has 1 aliphatic rings. The van der Waals surface area contributed by atoms with Crippen LogP contribution in [0.15, 0.2) is 54.6 Å². The Bertz CT molecular complexity index is 1550. The number of rotatable bonds is 15. The van der Waals surface area contributed by atoms with Crippen molar-refractivity contribution in [3.05, 3.63) is 82.5 Å². The fourth-order valence-corrected chi connectivity index (χ4v) is 5.48. The molecule has 3 aromatic rings. The maximum Gasteiger partial charge on any atom is 0.303 e. The second kappa shape index (κ2) is 17.6. The highest BCUT2D eigenvalue weighted by Crippen LogP contribution is 2.34. The number of nitrogens with zero attached hydrogens (tertiary/aromatic N) is 1. The number of carbonyl (C=O) groups excluding carboxylic acids is 4. The highest BCUT2D eigenvalue weighted by molar-refractivity contribution is 5.68. The van der Waals surface area contributed by atoms with E-state index in [2.05, 4.69) is 22.3 Å². The van der Waals surface area contributed by atoms with Gasteiger partial charge in [0.15, 0.2) is 12.2 Å². The van der Waals surface area contributed by atoms with Crippen molar-refractivity contribution in [3.63, 3.8) is 0 Å². The molecule has 264 valence electrons. The van der Waals surface area contributed by atoms with E-state index in [9.17, 15) is 19.2 Å². The lowest BCUT2D eigenvalue weighted by atomic mass is 9.97. The molecule has 13 heteroatoms. The molecule has 1 aliphatic heterocycles. The molecule has 1 unspecified atom stereocenters. The molecule has 0 saturated carbocycles. The van der Waals surface area contributed by atoms with Gasteiger partial charge in [-0.05, 0) is 29.0 Å². The highest BCUT2D eigenvalue weighted by Gasteiger charge is 2.53. The van der Waals surface area contributed by atoms with Gasteiger partial charge in [0.05, 0.1) is 13.2 Å². The molecule has 1 fully saturated rings. The Kier molecular flexibility index (Phi) is 13.3. The molecule has 1 N–H and O–H groups in total. The molecule has 49 heavy (non-hydrogen) atoms. The number of hydrogen-bond acceptors (Lipinski definition) is 12. The number of ether oxygens (including phenoxy) is 7. The van der Waals surface area contributed by atoms with Gasteiger partial charge in [-0.15, -0.1) is 5.10 Å². The van der Waals surface area contributed by atoms with Crippen molar-refractivity contribution in [2.75, 3.05) is 13.2 Å². The molecule has 2 aromatic carbocycles. The van der Waals surface area contributed by atoms with Crippen molar-refractivity contribution in [1.82, 2.24) is 10.2 Å². The summed E-state index contributed by atoms with van der Waals surface area (Å²) in [4.78, 5) is 48.2. The van der Waals surface area contributed by atoms with Crippen LogP contribution < -0.4 is 4.74 Å². The Hall–Kier alpha value is -4.75. The molecule has 0 amide bonds. The van der Waals surface area contributed by atoms with Crippen LogP contribution in [0, 0.1) is 0 Å². The zero-order valence-electron chi connectivity index (χ0n) is 28.6. The first-order valence-corrected chi connectivity index (χ1v) is 16.1.